The van der Waals surface area contributed by atoms with E-state index >= 15 is 0 Å². The van der Waals surface area contributed by atoms with E-state index in [0.717, 1.165) is 40.9 Å². The highest BCUT2D eigenvalue weighted by atomic mass is 16.5. The van der Waals surface area contributed by atoms with E-state index < -0.39 is 17.5 Å². The molecule has 7 nitrogen and oxygen atoms in total. The van der Waals surface area contributed by atoms with Gasteiger partial charge in [-0.2, -0.15) is 0 Å². The normalized spacial score (nSPS) is 19.2. The first kappa shape index (κ1) is 22.7. The minimum Gasteiger partial charge on any atom is -0.455 e. The van der Waals surface area contributed by atoms with Crippen LogP contribution >= 0.6 is 0 Å². The average molecular weight is 470 g/mol. The van der Waals surface area contributed by atoms with Crippen LogP contribution in [0.15, 0.2) is 72.8 Å². The summed E-state index contributed by atoms with van der Waals surface area (Å²) >= 11 is 0. The van der Waals surface area contributed by atoms with Crippen molar-refractivity contribution in [2.24, 2.45) is 0 Å². The van der Waals surface area contributed by atoms with Crippen LogP contribution < -0.4 is 15.4 Å². The molecule has 7 heteroatoms. The van der Waals surface area contributed by atoms with E-state index in [0.29, 0.717) is 23.6 Å². The lowest BCUT2D eigenvalue weighted by Gasteiger charge is -2.27. The second-order valence-electron chi connectivity index (χ2n) is 9.05. The number of nitrogens with zero attached hydrogens (tertiary/aromatic N) is 1. The van der Waals surface area contributed by atoms with E-state index in [9.17, 15) is 14.4 Å². The Balaban J connectivity index is 1.33. The van der Waals surface area contributed by atoms with Gasteiger partial charge in [0.2, 0.25) is 5.91 Å². The van der Waals surface area contributed by atoms with Gasteiger partial charge in [-0.15, -0.1) is 0 Å². The number of aryl methyl sites for hydroxylation is 2. The standard InChI is InChI=1S/C28H27N3O4/c1-19-13-15-21(16-14-19)35-24-12-5-4-11-23(24)29-25(32)18-31-26(33)28(30-27(31)34)17-7-6-9-20-8-2-3-10-22(20)28/h2-5,8,10-16H,6-7,9,17-18H2,1H3,(H,29,32)(H,30,34). The third-order valence-electron chi connectivity index (χ3n) is 6.61. The number of hydrogen-bond donors (Lipinski definition) is 2. The zero-order valence-corrected chi connectivity index (χ0v) is 19.5. The van der Waals surface area contributed by atoms with Crippen LogP contribution in [-0.2, 0) is 21.5 Å². The predicted molar refractivity (Wildman–Crippen MR) is 132 cm³/mol. The summed E-state index contributed by atoms with van der Waals surface area (Å²) < 4.78 is 5.95. The number of imide groups is 1. The first-order valence-electron chi connectivity index (χ1n) is 11.8. The molecule has 1 aliphatic heterocycles. The number of fused-ring (bicyclic) bond motifs is 2. The lowest BCUT2D eigenvalue weighted by Crippen LogP contribution is -2.44. The number of amides is 4. The fourth-order valence-electron chi connectivity index (χ4n) is 4.84. The Bertz CT molecular complexity index is 1290. The van der Waals surface area contributed by atoms with E-state index in [2.05, 4.69) is 10.6 Å². The SMILES string of the molecule is Cc1ccc(Oc2ccccc2NC(=O)CN2C(=O)NC3(CCCCc4ccccc43)C2=O)cc1. The Hall–Kier alpha value is -4.13. The van der Waals surface area contributed by atoms with Gasteiger partial charge in [0, 0.05) is 0 Å². The third-order valence-corrected chi connectivity index (χ3v) is 6.61. The summed E-state index contributed by atoms with van der Waals surface area (Å²) in [7, 11) is 0. The maximum absolute atomic E-state index is 13.6. The van der Waals surface area contributed by atoms with E-state index in [1.807, 2.05) is 61.5 Å². The molecule has 1 fully saturated rings. The van der Waals surface area contributed by atoms with Crippen molar-refractivity contribution < 1.29 is 19.1 Å². The third kappa shape index (κ3) is 4.37. The zero-order chi connectivity index (χ0) is 24.4. The number of carbonyl (C=O) groups excluding carboxylic acids is 3. The summed E-state index contributed by atoms with van der Waals surface area (Å²) in [5.74, 6) is 0.250. The second-order valence-corrected chi connectivity index (χ2v) is 9.05. The van der Waals surface area contributed by atoms with Crippen LogP contribution in [0, 0.1) is 6.92 Å². The molecule has 1 spiro atoms. The maximum Gasteiger partial charge on any atom is 0.325 e. The van der Waals surface area contributed by atoms with Crippen molar-refractivity contribution in [3.05, 3.63) is 89.5 Å². The highest BCUT2D eigenvalue weighted by Crippen LogP contribution is 2.39. The number of rotatable bonds is 5. The fourth-order valence-corrected chi connectivity index (χ4v) is 4.84. The molecule has 0 radical (unpaired) electrons. The monoisotopic (exact) mass is 469 g/mol. The number of hydrogen-bond acceptors (Lipinski definition) is 4. The van der Waals surface area contributed by atoms with Gasteiger partial charge in [0.1, 0.15) is 17.8 Å². The number of urea groups is 1. The summed E-state index contributed by atoms with van der Waals surface area (Å²) in [4.78, 5) is 40.4. The molecule has 1 aliphatic carbocycles. The van der Waals surface area contributed by atoms with Crippen molar-refractivity contribution in [1.82, 2.24) is 10.2 Å². The van der Waals surface area contributed by atoms with E-state index in [1.54, 1.807) is 18.2 Å². The van der Waals surface area contributed by atoms with Crippen LogP contribution in [0.1, 0.15) is 36.0 Å². The van der Waals surface area contributed by atoms with Gasteiger partial charge in [-0.05, 0) is 68.0 Å². The average Bonchev–Trinajstić information content (AvgIpc) is 2.98. The van der Waals surface area contributed by atoms with Gasteiger partial charge in [0.15, 0.2) is 5.75 Å². The Morgan fingerprint density at radius 2 is 1.74 bits per heavy atom. The molecular weight excluding hydrogens is 442 g/mol. The van der Waals surface area contributed by atoms with Crippen molar-refractivity contribution in [3.8, 4) is 11.5 Å². The van der Waals surface area contributed by atoms with E-state index in [-0.39, 0.29) is 12.5 Å². The first-order chi connectivity index (χ1) is 17.0. The van der Waals surface area contributed by atoms with Crippen LogP contribution in [0.4, 0.5) is 10.5 Å². The van der Waals surface area contributed by atoms with Crippen molar-refractivity contribution in [1.29, 1.82) is 0 Å². The predicted octanol–water partition coefficient (Wildman–Crippen LogP) is 4.90. The molecule has 3 aromatic rings. The molecule has 35 heavy (non-hydrogen) atoms. The molecule has 0 bridgehead atoms. The number of carbonyl (C=O) groups is 3. The van der Waals surface area contributed by atoms with Gasteiger partial charge in [0.05, 0.1) is 5.69 Å². The van der Waals surface area contributed by atoms with Crippen LogP contribution in [0.2, 0.25) is 0 Å². The van der Waals surface area contributed by atoms with Gasteiger partial charge in [-0.25, -0.2) is 4.79 Å². The minimum atomic E-state index is -1.11. The molecule has 2 N–H and O–H groups in total. The molecule has 5 rings (SSSR count). The van der Waals surface area contributed by atoms with Crippen LogP contribution in [0.5, 0.6) is 11.5 Å². The Morgan fingerprint density at radius 3 is 2.57 bits per heavy atom. The topological polar surface area (TPSA) is 87.7 Å². The van der Waals surface area contributed by atoms with E-state index in [1.165, 1.54) is 0 Å². The van der Waals surface area contributed by atoms with Gasteiger partial charge in [-0.1, -0.05) is 54.1 Å². The molecule has 1 atom stereocenters. The van der Waals surface area contributed by atoms with Crippen molar-refractivity contribution in [3.63, 3.8) is 0 Å². The lowest BCUT2D eigenvalue weighted by atomic mass is 9.84. The molecule has 1 unspecified atom stereocenters. The summed E-state index contributed by atoms with van der Waals surface area (Å²) in [5.41, 5.74) is 2.35. The molecule has 3 aromatic carbocycles. The molecule has 1 heterocycles. The smallest absolute Gasteiger partial charge is 0.325 e. The molecular formula is C28H27N3O4. The minimum absolute atomic E-state index is 0.379. The van der Waals surface area contributed by atoms with Crippen molar-refractivity contribution in [2.45, 2.75) is 38.1 Å². The first-order valence-corrected chi connectivity index (χ1v) is 11.8. The highest BCUT2D eigenvalue weighted by molar-refractivity contribution is 6.10. The fraction of sp³-hybridized carbons (Fsp3) is 0.250. The van der Waals surface area contributed by atoms with Gasteiger partial charge in [-0.3, -0.25) is 14.5 Å². The number of ether oxygens (including phenoxy) is 1. The molecule has 1 saturated heterocycles. The Kier molecular flexibility index (Phi) is 5.99. The quantitative estimate of drug-likeness (QED) is 0.521. The zero-order valence-electron chi connectivity index (χ0n) is 19.5. The highest BCUT2D eigenvalue weighted by Gasteiger charge is 2.53. The maximum atomic E-state index is 13.6. The van der Waals surface area contributed by atoms with Crippen LogP contribution in [0.3, 0.4) is 0 Å². The molecule has 2 aliphatic rings. The van der Waals surface area contributed by atoms with Crippen LogP contribution in [0.25, 0.3) is 0 Å². The molecule has 178 valence electrons. The van der Waals surface area contributed by atoms with E-state index in [4.69, 9.17) is 4.74 Å². The van der Waals surface area contributed by atoms with Gasteiger partial charge >= 0.3 is 6.03 Å². The number of benzene rings is 3. The number of nitrogens with one attached hydrogen (secondary N) is 2. The van der Waals surface area contributed by atoms with Gasteiger partial charge in [0.25, 0.3) is 5.91 Å². The molecule has 0 aromatic heterocycles. The van der Waals surface area contributed by atoms with Gasteiger partial charge < -0.3 is 15.4 Å². The summed E-state index contributed by atoms with van der Waals surface area (Å²) in [6, 6.07) is 21.8. The lowest BCUT2D eigenvalue weighted by molar-refractivity contribution is -0.134. The summed E-state index contributed by atoms with van der Waals surface area (Å²) in [6.45, 7) is 1.61. The number of para-hydroxylation sites is 2. The Morgan fingerprint density at radius 1 is 1.00 bits per heavy atom. The van der Waals surface area contributed by atoms with Crippen LogP contribution in [-0.4, -0.2) is 29.3 Å². The van der Waals surface area contributed by atoms with Crippen molar-refractivity contribution >= 4 is 23.5 Å². The molecule has 0 saturated carbocycles. The molecule has 4 amide bonds. The Labute approximate surface area is 204 Å². The summed E-state index contributed by atoms with van der Waals surface area (Å²) in [6.07, 6.45) is 3.13. The summed E-state index contributed by atoms with van der Waals surface area (Å²) in [5, 5.41) is 5.71. The number of anilines is 1. The van der Waals surface area contributed by atoms with Crippen molar-refractivity contribution in [2.75, 3.05) is 11.9 Å². The largest absolute Gasteiger partial charge is 0.455 e. The second kappa shape index (κ2) is 9.25.